The first-order valence-electron chi connectivity index (χ1n) is 8.74. The molecule has 3 aromatic rings. The van der Waals surface area contributed by atoms with Gasteiger partial charge in [-0.05, 0) is 30.3 Å². The Balaban J connectivity index is 1.39. The van der Waals surface area contributed by atoms with Crippen LogP contribution >= 0.6 is 11.6 Å². The monoisotopic (exact) mass is 372 g/mol. The average molecular weight is 373 g/mol. The van der Waals surface area contributed by atoms with Crippen LogP contribution in [0.1, 0.15) is 0 Å². The van der Waals surface area contributed by atoms with Crippen molar-refractivity contribution in [1.82, 2.24) is 14.5 Å². The fraction of sp³-hybridized carbons (Fsp3) is 0.316. The van der Waals surface area contributed by atoms with E-state index in [1.165, 1.54) is 0 Å². The Morgan fingerprint density at radius 2 is 1.85 bits per heavy atom. The predicted octanol–water partition coefficient (Wildman–Crippen LogP) is 2.51. The number of hydrogen-bond donors (Lipinski definition) is 2. The van der Waals surface area contributed by atoms with Gasteiger partial charge in [0.25, 0.3) is 0 Å². The number of phenolic OH excluding ortho intramolecular Hbond substituents is 1. The third kappa shape index (κ3) is 3.43. The third-order valence-electron chi connectivity index (χ3n) is 4.94. The van der Waals surface area contributed by atoms with Crippen molar-refractivity contribution >= 4 is 28.3 Å². The molecule has 4 rings (SSSR count). The Bertz CT molecular complexity index is 973. The zero-order valence-corrected chi connectivity index (χ0v) is 15.1. The SMILES string of the molecule is O=c1[nH]c2ccc(O)cc2n1CCN1CCN(c2cccc(Cl)c2)CC1. The first-order chi connectivity index (χ1) is 12.6. The molecule has 0 radical (unpaired) electrons. The van der Waals surface area contributed by atoms with Crippen molar-refractivity contribution in [2.75, 3.05) is 37.6 Å². The molecule has 0 bridgehead atoms. The second-order valence-electron chi connectivity index (χ2n) is 6.59. The highest BCUT2D eigenvalue weighted by molar-refractivity contribution is 6.30. The van der Waals surface area contributed by atoms with Gasteiger partial charge in [0.15, 0.2) is 0 Å². The van der Waals surface area contributed by atoms with Crippen LogP contribution in [0.2, 0.25) is 5.02 Å². The van der Waals surface area contributed by atoms with Crippen molar-refractivity contribution in [2.45, 2.75) is 6.54 Å². The number of phenols is 1. The Hall–Kier alpha value is -2.44. The number of aromatic hydroxyl groups is 1. The average Bonchev–Trinajstić information content (AvgIpc) is 2.95. The molecule has 6 nitrogen and oxygen atoms in total. The summed E-state index contributed by atoms with van der Waals surface area (Å²) in [6, 6.07) is 12.9. The molecule has 136 valence electrons. The van der Waals surface area contributed by atoms with E-state index in [1.54, 1.807) is 22.8 Å². The van der Waals surface area contributed by atoms with Crippen LogP contribution in [0.3, 0.4) is 0 Å². The van der Waals surface area contributed by atoms with Crippen molar-refractivity contribution in [3.63, 3.8) is 0 Å². The van der Waals surface area contributed by atoms with Gasteiger partial charge in [0, 0.05) is 56.0 Å². The van der Waals surface area contributed by atoms with Crippen molar-refractivity contribution in [1.29, 1.82) is 0 Å². The van der Waals surface area contributed by atoms with Crippen molar-refractivity contribution < 1.29 is 5.11 Å². The lowest BCUT2D eigenvalue weighted by atomic mass is 10.2. The van der Waals surface area contributed by atoms with Crippen molar-refractivity contribution in [3.05, 3.63) is 58.0 Å². The molecular formula is C19H21ClN4O2. The highest BCUT2D eigenvalue weighted by Crippen LogP contribution is 2.21. The molecule has 1 aliphatic rings. The summed E-state index contributed by atoms with van der Waals surface area (Å²) in [7, 11) is 0. The molecule has 1 saturated heterocycles. The summed E-state index contributed by atoms with van der Waals surface area (Å²) < 4.78 is 1.69. The summed E-state index contributed by atoms with van der Waals surface area (Å²) >= 11 is 6.08. The van der Waals surface area contributed by atoms with E-state index in [1.807, 2.05) is 18.2 Å². The minimum atomic E-state index is -0.136. The third-order valence-corrected chi connectivity index (χ3v) is 5.18. The number of imidazole rings is 1. The Kier molecular flexibility index (Phi) is 4.61. The minimum Gasteiger partial charge on any atom is -0.508 e. The summed E-state index contributed by atoms with van der Waals surface area (Å²) in [5.41, 5.74) is 2.51. The highest BCUT2D eigenvalue weighted by atomic mass is 35.5. The standard InChI is InChI=1S/C19H21ClN4O2/c20-14-2-1-3-15(12-14)23-9-6-22(7-10-23)8-11-24-18-13-16(25)4-5-17(18)21-19(24)26/h1-5,12-13,25H,6-11H2,(H,21,26). The highest BCUT2D eigenvalue weighted by Gasteiger charge is 2.18. The van der Waals surface area contributed by atoms with Crippen LogP contribution in [0.5, 0.6) is 5.75 Å². The minimum absolute atomic E-state index is 0.136. The topological polar surface area (TPSA) is 64.5 Å². The molecule has 1 aliphatic heterocycles. The van der Waals surface area contributed by atoms with E-state index in [-0.39, 0.29) is 11.4 Å². The molecule has 1 aromatic heterocycles. The number of aromatic amines is 1. The summed E-state index contributed by atoms with van der Waals surface area (Å²) in [6.07, 6.45) is 0. The van der Waals surface area contributed by atoms with Crippen LogP contribution in [0, 0.1) is 0 Å². The molecule has 0 amide bonds. The molecule has 7 heteroatoms. The molecule has 0 atom stereocenters. The van der Waals surface area contributed by atoms with E-state index in [0.717, 1.165) is 54.5 Å². The number of benzene rings is 2. The van der Waals surface area contributed by atoms with E-state index >= 15 is 0 Å². The Labute approximate surface area is 156 Å². The second kappa shape index (κ2) is 7.05. The Morgan fingerprint density at radius 3 is 2.62 bits per heavy atom. The molecular weight excluding hydrogens is 352 g/mol. The van der Waals surface area contributed by atoms with Crippen LogP contribution in [-0.2, 0) is 6.54 Å². The van der Waals surface area contributed by atoms with E-state index < -0.39 is 0 Å². The number of hydrogen-bond acceptors (Lipinski definition) is 4. The van der Waals surface area contributed by atoms with Gasteiger partial charge in [0.2, 0.25) is 0 Å². The van der Waals surface area contributed by atoms with Gasteiger partial charge in [0.1, 0.15) is 5.75 Å². The summed E-state index contributed by atoms with van der Waals surface area (Å²) in [5, 5.41) is 10.4. The first-order valence-corrected chi connectivity index (χ1v) is 9.12. The lowest BCUT2D eigenvalue weighted by Crippen LogP contribution is -2.47. The summed E-state index contributed by atoms with van der Waals surface area (Å²) in [6.45, 7) is 5.14. The molecule has 0 aliphatic carbocycles. The van der Waals surface area contributed by atoms with Crippen molar-refractivity contribution in [2.24, 2.45) is 0 Å². The Morgan fingerprint density at radius 1 is 1.04 bits per heavy atom. The smallest absolute Gasteiger partial charge is 0.326 e. The predicted molar refractivity (Wildman–Crippen MR) is 104 cm³/mol. The van der Waals surface area contributed by atoms with E-state index in [2.05, 4.69) is 20.9 Å². The molecule has 2 heterocycles. The van der Waals surface area contributed by atoms with Gasteiger partial charge in [0.05, 0.1) is 11.0 Å². The lowest BCUT2D eigenvalue weighted by Gasteiger charge is -2.36. The number of rotatable bonds is 4. The molecule has 0 spiro atoms. The molecule has 2 aromatic carbocycles. The molecule has 2 N–H and O–H groups in total. The van der Waals surface area contributed by atoms with Gasteiger partial charge in [-0.1, -0.05) is 17.7 Å². The summed E-state index contributed by atoms with van der Waals surface area (Å²) in [4.78, 5) is 19.7. The van der Waals surface area contributed by atoms with Crippen LogP contribution in [0.4, 0.5) is 5.69 Å². The fourth-order valence-electron chi connectivity index (χ4n) is 3.51. The van der Waals surface area contributed by atoms with Crippen LogP contribution < -0.4 is 10.6 Å². The number of halogens is 1. The number of H-pyrrole nitrogens is 1. The quantitative estimate of drug-likeness (QED) is 0.738. The number of anilines is 1. The van der Waals surface area contributed by atoms with Crippen LogP contribution in [0.15, 0.2) is 47.3 Å². The largest absolute Gasteiger partial charge is 0.508 e. The van der Waals surface area contributed by atoms with Crippen LogP contribution in [0.25, 0.3) is 11.0 Å². The fourth-order valence-corrected chi connectivity index (χ4v) is 3.69. The normalized spacial score (nSPS) is 15.7. The van der Waals surface area contributed by atoms with Gasteiger partial charge in [-0.25, -0.2) is 4.79 Å². The number of nitrogens with zero attached hydrogens (tertiary/aromatic N) is 3. The van der Waals surface area contributed by atoms with Gasteiger partial charge < -0.3 is 15.0 Å². The molecule has 1 fully saturated rings. The van der Waals surface area contributed by atoms with Gasteiger partial charge >= 0.3 is 5.69 Å². The summed E-state index contributed by atoms with van der Waals surface area (Å²) in [5.74, 6) is 0.167. The maximum atomic E-state index is 12.2. The van der Waals surface area contributed by atoms with E-state index in [4.69, 9.17) is 11.6 Å². The van der Waals surface area contributed by atoms with Gasteiger partial charge in [-0.3, -0.25) is 9.47 Å². The van der Waals surface area contributed by atoms with Gasteiger partial charge in [-0.2, -0.15) is 0 Å². The molecule has 0 saturated carbocycles. The lowest BCUT2D eigenvalue weighted by molar-refractivity contribution is 0.248. The zero-order chi connectivity index (χ0) is 18.1. The van der Waals surface area contributed by atoms with E-state index in [0.29, 0.717) is 6.54 Å². The maximum Gasteiger partial charge on any atom is 0.326 e. The van der Waals surface area contributed by atoms with Gasteiger partial charge in [-0.15, -0.1) is 0 Å². The number of aromatic nitrogens is 2. The number of fused-ring (bicyclic) bond motifs is 1. The first kappa shape index (κ1) is 17.0. The number of nitrogens with one attached hydrogen (secondary N) is 1. The molecule has 26 heavy (non-hydrogen) atoms. The number of piperazine rings is 1. The maximum absolute atomic E-state index is 12.2. The molecule has 0 unspecified atom stereocenters. The van der Waals surface area contributed by atoms with E-state index in [9.17, 15) is 9.90 Å². The second-order valence-corrected chi connectivity index (χ2v) is 7.03. The van der Waals surface area contributed by atoms with Crippen LogP contribution in [-0.4, -0.2) is 52.3 Å². The van der Waals surface area contributed by atoms with Crippen molar-refractivity contribution in [3.8, 4) is 5.75 Å². The zero-order valence-electron chi connectivity index (χ0n) is 14.4.